The Hall–Kier alpha value is -1.10. The van der Waals surface area contributed by atoms with E-state index in [-0.39, 0.29) is 23.7 Å². The molecule has 0 radical (unpaired) electrons. The van der Waals surface area contributed by atoms with Crippen molar-refractivity contribution in [1.82, 2.24) is 4.90 Å². The second kappa shape index (κ2) is 6.73. The molecule has 5 heteroatoms. The van der Waals surface area contributed by atoms with E-state index in [1.807, 2.05) is 6.92 Å². The van der Waals surface area contributed by atoms with Gasteiger partial charge in [0.1, 0.15) is 0 Å². The summed E-state index contributed by atoms with van der Waals surface area (Å²) in [4.78, 5) is 25.0. The molecule has 5 nitrogen and oxygen atoms in total. The van der Waals surface area contributed by atoms with E-state index in [1.165, 1.54) is 0 Å². The number of carbonyl (C=O) groups excluding carboxylic acids is 2. The molecule has 1 saturated heterocycles. The molecule has 3 atom stereocenters. The third-order valence-corrected chi connectivity index (χ3v) is 3.61. The number of piperidine rings is 1. The van der Waals surface area contributed by atoms with Gasteiger partial charge in [0, 0.05) is 19.1 Å². The summed E-state index contributed by atoms with van der Waals surface area (Å²) in [6.45, 7) is 7.47. The van der Waals surface area contributed by atoms with Crippen molar-refractivity contribution in [2.45, 2.75) is 39.7 Å². The molecule has 0 spiro atoms. The summed E-state index contributed by atoms with van der Waals surface area (Å²) in [6.07, 6.45) is 1.80. The Kier molecular flexibility index (Phi) is 5.59. The van der Waals surface area contributed by atoms with Crippen LogP contribution >= 0.6 is 0 Å². The van der Waals surface area contributed by atoms with Crippen molar-refractivity contribution in [3.63, 3.8) is 0 Å². The van der Waals surface area contributed by atoms with Crippen LogP contribution in [0.3, 0.4) is 0 Å². The lowest BCUT2D eigenvalue weighted by Crippen LogP contribution is -2.48. The normalized spacial score (nSPS) is 26.6. The first-order chi connectivity index (χ1) is 8.45. The van der Waals surface area contributed by atoms with Gasteiger partial charge in [-0.05, 0) is 26.7 Å². The highest BCUT2D eigenvalue weighted by Gasteiger charge is 2.30. The van der Waals surface area contributed by atoms with Crippen LogP contribution in [0, 0.1) is 11.8 Å². The Morgan fingerprint density at radius 1 is 1.44 bits per heavy atom. The van der Waals surface area contributed by atoms with Crippen LogP contribution in [0.15, 0.2) is 0 Å². The van der Waals surface area contributed by atoms with Crippen LogP contribution in [0.4, 0.5) is 0 Å². The number of ether oxygens (including phenoxy) is 1. The first-order valence-corrected chi connectivity index (χ1v) is 6.65. The van der Waals surface area contributed by atoms with Gasteiger partial charge in [0.15, 0.2) is 0 Å². The smallest absolute Gasteiger partial charge is 0.309 e. The molecule has 1 fully saturated rings. The lowest BCUT2D eigenvalue weighted by atomic mass is 9.92. The Balaban J connectivity index is 2.53. The molecule has 1 rings (SSSR count). The van der Waals surface area contributed by atoms with Gasteiger partial charge in [0.25, 0.3) is 0 Å². The number of likely N-dealkylation sites (tertiary alicyclic amines) is 1. The molecule has 1 aliphatic heterocycles. The second-order valence-corrected chi connectivity index (χ2v) is 5.13. The summed E-state index contributed by atoms with van der Waals surface area (Å²) in [5.74, 6) is -0.670. The quantitative estimate of drug-likeness (QED) is 0.737. The van der Waals surface area contributed by atoms with E-state index >= 15 is 0 Å². The van der Waals surface area contributed by atoms with Crippen LogP contribution in [0.2, 0.25) is 0 Å². The lowest BCUT2D eigenvalue weighted by Gasteiger charge is -2.37. The maximum Gasteiger partial charge on any atom is 0.309 e. The van der Waals surface area contributed by atoms with E-state index in [1.54, 1.807) is 6.92 Å². The molecule has 1 heterocycles. The summed E-state index contributed by atoms with van der Waals surface area (Å²) >= 11 is 0. The summed E-state index contributed by atoms with van der Waals surface area (Å²) in [5.41, 5.74) is 5.36. The van der Waals surface area contributed by atoms with Crippen molar-refractivity contribution in [3.8, 4) is 0 Å². The van der Waals surface area contributed by atoms with Crippen molar-refractivity contribution in [2.75, 3.05) is 19.7 Å². The third-order valence-electron chi connectivity index (χ3n) is 3.61. The van der Waals surface area contributed by atoms with E-state index in [2.05, 4.69) is 11.8 Å². The number of hydrogen-bond donors (Lipinski definition) is 1. The number of amides is 1. The van der Waals surface area contributed by atoms with E-state index in [0.717, 1.165) is 12.8 Å². The lowest BCUT2D eigenvalue weighted by molar-refractivity contribution is -0.148. The van der Waals surface area contributed by atoms with Gasteiger partial charge in [-0.2, -0.15) is 0 Å². The van der Waals surface area contributed by atoms with Gasteiger partial charge in [-0.3, -0.25) is 14.5 Å². The predicted octanol–water partition coefficient (Wildman–Crippen LogP) is 0.771. The van der Waals surface area contributed by atoms with Gasteiger partial charge in [-0.25, -0.2) is 0 Å². The SMILES string of the molecule is CCOC(=O)C(C)CN1CC(C(N)=O)CCC1C. The van der Waals surface area contributed by atoms with Crippen LogP contribution < -0.4 is 5.73 Å². The summed E-state index contributed by atoms with van der Waals surface area (Å²) in [5, 5.41) is 0. The van der Waals surface area contributed by atoms with Crippen molar-refractivity contribution >= 4 is 11.9 Å². The largest absolute Gasteiger partial charge is 0.466 e. The Morgan fingerprint density at radius 2 is 2.11 bits per heavy atom. The van der Waals surface area contributed by atoms with E-state index < -0.39 is 0 Å². The third kappa shape index (κ3) is 3.98. The first-order valence-electron chi connectivity index (χ1n) is 6.65. The highest BCUT2D eigenvalue weighted by atomic mass is 16.5. The average Bonchev–Trinajstić information content (AvgIpc) is 2.31. The monoisotopic (exact) mass is 256 g/mol. The zero-order valence-corrected chi connectivity index (χ0v) is 11.5. The number of primary amides is 1. The number of carbonyl (C=O) groups is 2. The molecule has 18 heavy (non-hydrogen) atoms. The standard InChI is InChI=1S/C13H24N2O3/c1-4-18-13(17)9(2)7-15-8-11(12(14)16)6-5-10(15)3/h9-11H,4-8H2,1-3H3,(H2,14,16). The Labute approximate surface area is 109 Å². The highest BCUT2D eigenvalue weighted by molar-refractivity contribution is 5.77. The van der Waals surface area contributed by atoms with Crippen molar-refractivity contribution in [2.24, 2.45) is 17.6 Å². The summed E-state index contributed by atoms with van der Waals surface area (Å²) in [6, 6.07) is 0.387. The molecule has 0 aliphatic carbocycles. The average molecular weight is 256 g/mol. The van der Waals surface area contributed by atoms with Gasteiger partial charge in [-0.1, -0.05) is 6.92 Å². The van der Waals surface area contributed by atoms with Crippen LogP contribution in [-0.4, -0.2) is 42.5 Å². The zero-order valence-electron chi connectivity index (χ0n) is 11.5. The van der Waals surface area contributed by atoms with Crippen LogP contribution in [0.1, 0.15) is 33.6 Å². The summed E-state index contributed by atoms with van der Waals surface area (Å²) in [7, 11) is 0. The van der Waals surface area contributed by atoms with Gasteiger partial charge < -0.3 is 10.5 Å². The molecular formula is C13H24N2O3. The molecular weight excluding hydrogens is 232 g/mol. The van der Waals surface area contributed by atoms with E-state index in [4.69, 9.17) is 10.5 Å². The van der Waals surface area contributed by atoms with Crippen molar-refractivity contribution in [3.05, 3.63) is 0 Å². The molecule has 0 aromatic rings. The molecule has 1 amide bonds. The predicted molar refractivity (Wildman–Crippen MR) is 68.8 cm³/mol. The fourth-order valence-corrected chi connectivity index (χ4v) is 2.38. The van der Waals surface area contributed by atoms with Gasteiger partial charge in [0.2, 0.25) is 5.91 Å². The Morgan fingerprint density at radius 3 is 2.67 bits per heavy atom. The molecule has 0 bridgehead atoms. The second-order valence-electron chi connectivity index (χ2n) is 5.13. The molecule has 0 aromatic carbocycles. The van der Waals surface area contributed by atoms with Gasteiger partial charge >= 0.3 is 5.97 Å². The molecule has 104 valence electrons. The maximum absolute atomic E-state index is 11.6. The number of hydrogen-bond acceptors (Lipinski definition) is 4. The van der Waals surface area contributed by atoms with Gasteiger partial charge in [-0.15, -0.1) is 0 Å². The molecule has 2 N–H and O–H groups in total. The molecule has 0 saturated carbocycles. The number of nitrogens with two attached hydrogens (primary N) is 1. The topological polar surface area (TPSA) is 72.6 Å². The first kappa shape index (κ1) is 15.0. The fraction of sp³-hybridized carbons (Fsp3) is 0.846. The van der Waals surface area contributed by atoms with Gasteiger partial charge in [0.05, 0.1) is 18.4 Å². The minimum absolute atomic E-state index is 0.0874. The van der Waals surface area contributed by atoms with Crippen molar-refractivity contribution < 1.29 is 14.3 Å². The number of rotatable bonds is 5. The van der Waals surface area contributed by atoms with Crippen LogP contribution in [-0.2, 0) is 14.3 Å². The number of esters is 1. The maximum atomic E-state index is 11.6. The minimum Gasteiger partial charge on any atom is -0.466 e. The highest BCUT2D eigenvalue weighted by Crippen LogP contribution is 2.22. The fourth-order valence-electron chi connectivity index (χ4n) is 2.38. The van der Waals surface area contributed by atoms with Crippen molar-refractivity contribution in [1.29, 1.82) is 0 Å². The minimum atomic E-state index is -0.240. The molecule has 0 aromatic heterocycles. The van der Waals surface area contributed by atoms with E-state index in [0.29, 0.717) is 25.7 Å². The number of nitrogens with zero attached hydrogens (tertiary/aromatic N) is 1. The van der Waals surface area contributed by atoms with E-state index in [9.17, 15) is 9.59 Å². The summed E-state index contributed by atoms with van der Waals surface area (Å²) < 4.78 is 5.00. The molecule has 1 aliphatic rings. The van der Waals surface area contributed by atoms with Crippen LogP contribution in [0.25, 0.3) is 0 Å². The molecule has 3 unspecified atom stereocenters. The Bertz CT molecular complexity index is 307. The zero-order chi connectivity index (χ0) is 13.7. The van der Waals surface area contributed by atoms with Crippen LogP contribution in [0.5, 0.6) is 0 Å².